The van der Waals surface area contributed by atoms with Crippen molar-refractivity contribution in [1.82, 2.24) is 30.5 Å². The first kappa shape index (κ1) is 19.6. The Balaban J connectivity index is 1.67. The first-order valence-electron chi connectivity index (χ1n) is 9.89. The number of H-pyrrole nitrogens is 3. The van der Waals surface area contributed by atoms with E-state index in [1.165, 1.54) is 6.07 Å². The van der Waals surface area contributed by atoms with Crippen LogP contribution in [-0.2, 0) is 6.42 Å². The number of aromatic amines is 3. The number of carbonyl (C=O) groups is 1. The molecule has 1 aromatic carbocycles. The van der Waals surface area contributed by atoms with E-state index in [0.29, 0.717) is 23.6 Å². The van der Waals surface area contributed by atoms with Crippen LogP contribution in [0.5, 0.6) is 0 Å². The fourth-order valence-electron chi connectivity index (χ4n) is 3.51. The summed E-state index contributed by atoms with van der Waals surface area (Å²) in [6.45, 7) is 5.77. The number of benzene rings is 1. The number of nitrogens with one attached hydrogen (secondary N) is 4. The Bertz CT molecular complexity index is 1250. The van der Waals surface area contributed by atoms with Gasteiger partial charge in [0.1, 0.15) is 11.5 Å². The van der Waals surface area contributed by atoms with Crippen LogP contribution < -0.4 is 10.9 Å². The summed E-state index contributed by atoms with van der Waals surface area (Å²) in [5, 5.41) is 11.1. The molecule has 0 saturated carbocycles. The highest BCUT2D eigenvalue weighted by atomic mass is 16.2. The van der Waals surface area contributed by atoms with E-state index in [2.05, 4.69) is 30.5 Å². The number of aromatic nitrogens is 5. The van der Waals surface area contributed by atoms with Gasteiger partial charge in [-0.25, -0.2) is 4.98 Å². The van der Waals surface area contributed by atoms with Crippen LogP contribution in [0.1, 0.15) is 59.1 Å². The third-order valence-corrected chi connectivity index (χ3v) is 5.09. The van der Waals surface area contributed by atoms with Crippen molar-refractivity contribution in [1.29, 1.82) is 0 Å². The number of amides is 1. The van der Waals surface area contributed by atoms with Gasteiger partial charge >= 0.3 is 0 Å². The van der Waals surface area contributed by atoms with Crippen molar-refractivity contribution in [3.05, 3.63) is 81.4 Å². The molecule has 8 nitrogen and oxygen atoms in total. The Morgan fingerprint density at radius 3 is 2.73 bits per heavy atom. The summed E-state index contributed by atoms with van der Waals surface area (Å²) in [5.74, 6) is 0.415. The maximum atomic E-state index is 12.9. The van der Waals surface area contributed by atoms with E-state index in [9.17, 15) is 9.59 Å². The van der Waals surface area contributed by atoms with Crippen molar-refractivity contribution < 1.29 is 4.79 Å². The summed E-state index contributed by atoms with van der Waals surface area (Å²) in [4.78, 5) is 35.3. The lowest BCUT2D eigenvalue weighted by atomic mass is 10.0. The van der Waals surface area contributed by atoms with Crippen molar-refractivity contribution in [3.8, 4) is 0 Å². The molecule has 3 aromatic heterocycles. The molecule has 4 aromatic rings. The Labute approximate surface area is 173 Å². The van der Waals surface area contributed by atoms with E-state index in [0.717, 1.165) is 22.2 Å². The summed E-state index contributed by atoms with van der Waals surface area (Å²) >= 11 is 0. The number of rotatable bonds is 6. The Morgan fingerprint density at radius 1 is 1.20 bits per heavy atom. The van der Waals surface area contributed by atoms with Crippen LogP contribution >= 0.6 is 0 Å². The minimum Gasteiger partial charge on any atom is -0.361 e. The molecule has 0 bridgehead atoms. The van der Waals surface area contributed by atoms with Gasteiger partial charge in [0.2, 0.25) is 0 Å². The highest BCUT2D eigenvalue weighted by Crippen LogP contribution is 2.24. The summed E-state index contributed by atoms with van der Waals surface area (Å²) in [7, 11) is 0. The Morgan fingerprint density at radius 2 is 2.00 bits per heavy atom. The molecule has 0 aliphatic rings. The van der Waals surface area contributed by atoms with Gasteiger partial charge in [-0.15, -0.1) is 0 Å². The molecule has 3 heterocycles. The van der Waals surface area contributed by atoms with Crippen molar-refractivity contribution in [3.63, 3.8) is 0 Å². The monoisotopic (exact) mass is 404 g/mol. The molecule has 4 rings (SSSR count). The van der Waals surface area contributed by atoms with Crippen LogP contribution in [0.3, 0.4) is 0 Å². The van der Waals surface area contributed by atoms with Gasteiger partial charge in [0.25, 0.3) is 11.5 Å². The fraction of sp³-hybridized carbons (Fsp3) is 0.273. The van der Waals surface area contributed by atoms with E-state index in [1.54, 1.807) is 13.0 Å². The van der Waals surface area contributed by atoms with Gasteiger partial charge in [0.15, 0.2) is 0 Å². The standard InChI is InChI=1S/C22H24N6O2/c1-12(2)17-9-20(28-27-17)22(30)26-18(19-10-21(29)25-13(3)24-19)8-14-11-23-16-7-5-4-6-15(14)16/h4-7,9-12,18,23H,8H2,1-3H3,(H,26,30)(H,27,28)(H,24,25,29)/t18-/m1/s1. The molecular weight excluding hydrogens is 380 g/mol. The second-order valence-electron chi connectivity index (χ2n) is 7.71. The Hall–Kier alpha value is -3.68. The SMILES string of the molecule is Cc1nc([C@@H](Cc2c[nH]c3ccccc23)NC(=O)c2cc(C(C)C)[nH]n2)cc(=O)[nH]1. The number of fused-ring (bicyclic) bond motifs is 1. The minimum absolute atomic E-state index is 0.234. The first-order chi connectivity index (χ1) is 14.4. The molecule has 0 aliphatic carbocycles. The molecule has 8 heteroatoms. The molecule has 1 amide bonds. The topological polar surface area (TPSA) is 119 Å². The highest BCUT2D eigenvalue weighted by molar-refractivity contribution is 5.92. The quantitative estimate of drug-likeness (QED) is 0.395. The van der Waals surface area contributed by atoms with Gasteiger partial charge in [-0.2, -0.15) is 5.10 Å². The van der Waals surface area contributed by atoms with Gasteiger partial charge in [-0.3, -0.25) is 14.7 Å². The van der Waals surface area contributed by atoms with Crippen molar-refractivity contribution in [2.24, 2.45) is 0 Å². The number of para-hydroxylation sites is 1. The van der Waals surface area contributed by atoms with Crippen LogP contribution in [0.4, 0.5) is 0 Å². The van der Waals surface area contributed by atoms with E-state index >= 15 is 0 Å². The molecule has 0 fully saturated rings. The predicted molar refractivity (Wildman–Crippen MR) is 114 cm³/mol. The molecule has 1 atom stereocenters. The van der Waals surface area contributed by atoms with Crippen LogP contribution in [0, 0.1) is 6.92 Å². The van der Waals surface area contributed by atoms with Crippen LogP contribution in [0.2, 0.25) is 0 Å². The lowest BCUT2D eigenvalue weighted by molar-refractivity contribution is 0.0930. The number of aryl methyl sites for hydroxylation is 1. The average molecular weight is 404 g/mol. The fourth-order valence-corrected chi connectivity index (χ4v) is 3.51. The Kier molecular flexibility index (Phi) is 5.22. The third kappa shape index (κ3) is 4.03. The second kappa shape index (κ2) is 7.98. The van der Waals surface area contributed by atoms with Crippen molar-refractivity contribution in [2.75, 3.05) is 0 Å². The summed E-state index contributed by atoms with van der Waals surface area (Å²) in [6.07, 6.45) is 2.41. The molecule has 30 heavy (non-hydrogen) atoms. The second-order valence-corrected chi connectivity index (χ2v) is 7.71. The number of hydrogen-bond donors (Lipinski definition) is 4. The predicted octanol–water partition coefficient (Wildman–Crippen LogP) is 3.12. The minimum atomic E-state index is -0.489. The maximum Gasteiger partial charge on any atom is 0.272 e. The number of nitrogens with zero attached hydrogens (tertiary/aromatic N) is 2. The molecular formula is C22H24N6O2. The molecule has 0 aliphatic heterocycles. The summed E-state index contributed by atoms with van der Waals surface area (Å²) < 4.78 is 0. The third-order valence-electron chi connectivity index (χ3n) is 5.09. The normalized spacial score (nSPS) is 12.4. The van der Waals surface area contributed by atoms with Crippen molar-refractivity contribution >= 4 is 16.8 Å². The van der Waals surface area contributed by atoms with E-state index in [-0.39, 0.29) is 17.4 Å². The van der Waals surface area contributed by atoms with Crippen LogP contribution in [-0.4, -0.2) is 31.1 Å². The highest BCUT2D eigenvalue weighted by Gasteiger charge is 2.22. The molecule has 0 unspecified atom stereocenters. The summed E-state index contributed by atoms with van der Waals surface area (Å²) in [5.41, 5.74) is 3.50. The summed E-state index contributed by atoms with van der Waals surface area (Å²) in [6, 6.07) is 10.7. The van der Waals surface area contributed by atoms with Gasteiger partial charge in [-0.05, 0) is 30.5 Å². The van der Waals surface area contributed by atoms with Gasteiger partial charge in [0.05, 0.1) is 11.7 Å². The van der Waals surface area contributed by atoms with Gasteiger partial charge in [-0.1, -0.05) is 32.0 Å². The van der Waals surface area contributed by atoms with Crippen molar-refractivity contribution in [2.45, 2.75) is 39.2 Å². The maximum absolute atomic E-state index is 12.9. The van der Waals surface area contributed by atoms with E-state index < -0.39 is 6.04 Å². The van der Waals surface area contributed by atoms with E-state index in [4.69, 9.17) is 0 Å². The largest absolute Gasteiger partial charge is 0.361 e. The molecule has 0 spiro atoms. The zero-order valence-corrected chi connectivity index (χ0v) is 17.1. The molecule has 154 valence electrons. The number of carbonyl (C=O) groups excluding carboxylic acids is 1. The van der Waals surface area contributed by atoms with Crippen LogP contribution in [0.15, 0.2) is 47.4 Å². The van der Waals surface area contributed by atoms with Crippen LogP contribution in [0.25, 0.3) is 10.9 Å². The first-order valence-corrected chi connectivity index (χ1v) is 9.89. The molecule has 0 saturated heterocycles. The van der Waals surface area contributed by atoms with Gasteiger partial charge in [0, 0.05) is 35.3 Å². The smallest absolute Gasteiger partial charge is 0.272 e. The lowest BCUT2D eigenvalue weighted by Gasteiger charge is -2.18. The lowest BCUT2D eigenvalue weighted by Crippen LogP contribution is -2.32. The average Bonchev–Trinajstić information content (AvgIpc) is 3.34. The molecule has 0 radical (unpaired) electrons. The number of hydrogen-bond acceptors (Lipinski definition) is 4. The van der Waals surface area contributed by atoms with Gasteiger partial charge < -0.3 is 15.3 Å². The molecule has 4 N–H and O–H groups in total. The zero-order valence-electron chi connectivity index (χ0n) is 17.1. The zero-order chi connectivity index (χ0) is 21.3. The van der Waals surface area contributed by atoms with E-state index in [1.807, 2.05) is 44.3 Å².